The van der Waals surface area contributed by atoms with E-state index in [1.807, 2.05) is 24.3 Å². The van der Waals surface area contributed by atoms with Crippen molar-refractivity contribution in [3.63, 3.8) is 0 Å². The molecule has 152 valence electrons. The molecule has 1 aliphatic carbocycles. The summed E-state index contributed by atoms with van der Waals surface area (Å²) in [5.74, 6) is -3.65. The van der Waals surface area contributed by atoms with Crippen LogP contribution in [0, 0.1) is 0 Å². The number of aliphatic hydroxyl groups excluding tert-OH is 1. The van der Waals surface area contributed by atoms with E-state index in [1.165, 1.54) is 38.5 Å². The second kappa shape index (κ2) is 13.5. The van der Waals surface area contributed by atoms with Gasteiger partial charge in [-0.25, -0.2) is 9.59 Å². The Balaban J connectivity index is 0.000000527. The highest BCUT2D eigenvalue weighted by atomic mass is 35.5. The number of nitrogens with one attached hydrogen (secondary N) is 1. The minimum absolute atomic E-state index is 0.363. The van der Waals surface area contributed by atoms with Crippen LogP contribution in [0.2, 0.25) is 5.02 Å². The van der Waals surface area contributed by atoms with Gasteiger partial charge in [-0.3, -0.25) is 0 Å². The summed E-state index contributed by atoms with van der Waals surface area (Å²) in [5, 5.41) is 28.9. The molecule has 2 rings (SSSR count). The van der Waals surface area contributed by atoms with Gasteiger partial charge in [0.1, 0.15) is 0 Å². The molecule has 1 fully saturated rings. The van der Waals surface area contributed by atoms with E-state index in [-0.39, 0.29) is 0 Å². The molecule has 0 radical (unpaired) electrons. The van der Waals surface area contributed by atoms with Crippen LogP contribution in [0.15, 0.2) is 24.3 Å². The van der Waals surface area contributed by atoms with Gasteiger partial charge < -0.3 is 25.4 Å². The lowest BCUT2D eigenvalue weighted by Crippen LogP contribution is -2.37. The lowest BCUT2D eigenvalue weighted by Gasteiger charge is -2.19. The largest absolute Gasteiger partial charge is 0.473 e. The third-order valence-corrected chi connectivity index (χ3v) is 4.42. The van der Waals surface area contributed by atoms with Gasteiger partial charge in [-0.05, 0) is 30.5 Å². The van der Waals surface area contributed by atoms with E-state index >= 15 is 0 Å². The molecule has 0 spiro atoms. The molecule has 1 aromatic rings. The SMILES string of the molecule is O=C(O)C(=O)O.OC(CNC1CCCCCC1)COCc1ccc(Cl)cc1. The zero-order chi connectivity index (χ0) is 20.1. The van der Waals surface area contributed by atoms with Gasteiger partial charge in [-0.2, -0.15) is 0 Å². The molecule has 0 aromatic heterocycles. The van der Waals surface area contributed by atoms with Crippen molar-refractivity contribution < 1.29 is 29.6 Å². The molecule has 0 amide bonds. The topological polar surface area (TPSA) is 116 Å². The second-order valence-corrected chi connectivity index (χ2v) is 6.94. The van der Waals surface area contributed by atoms with Crippen LogP contribution in [0.25, 0.3) is 0 Å². The number of halogens is 1. The average molecular weight is 402 g/mol. The van der Waals surface area contributed by atoms with E-state index < -0.39 is 18.0 Å². The highest BCUT2D eigenvalue weighted by Crippen LogP contribution is 2.17. The predicted molar refractivity (Wildman–Crippen MR) is 102 cm³/mol. The Hall–Kier alpha value is -1.67. The average Bonchev–Trinajstić information content (AvgIpc) is 2.91. The molecule has 0 bridgehead atoms. The van der Waals surface area contributed by atoms with Crippen LogP contribution in [0.3, 0.4) is 0 Å². The number of hydrogen-bond donors (Lipinski definition) is 4. The van der Waals surface area contributed by atoms with Crippen molar-refractivity contribution >= 4 is 23.5 Å². The van der Waals surface area contributed by atoms with Crippen molar-refractivity contribution in [1.29, 1.82) is 0 Å². The van der Waals surface area contributed by atoms with E-state index in [9.17, 15) is 5.11 Å². The van der Waals surface area contributed by atoms with Gasteiger partial charge in [0.2, 0.25) is 0 Å². The smallest absolute Gasteiger partial charge is 0.414 e. The van der Waals surface area contributed by atoms with Crippen molar-refractivity contribution in [2.75, 3.05) is 13.2 Å². The summed E-state index contributed by atoms with van der Waals surface area (Å²) >= 11 is 5.83. The molecule has 0 aliphatic heterocycles. The summed E-state index contributed by atoms with van der Waals surface area (Å²) in [6, 6.07) is 8.16. The maximum Gasteiger partial charge on any atom is 0.414 e. The van der Waals surface area contributed by atoms with Crippen LogP contribution in [0.1, 0.15) is 44.1 Å². The number of aliphatic carboxylic acids is 2. The molecular formula is C19H28ClNO6. The summed E-state index contributed by atoms with van der Waals surface area (Å²) in [5.41, 5.74) is 1.07. The van der Waals surface area contributed by atoms with Crippen molar-refractivity contribution in [2.24, 2.45) is 0 Å². The number of aliphatic hydroxyl groups is 1. The first kappa shape index (κ1) is 23.4. The van der Waals surface area contributed by atoms with Crippen molar-refractivity contribution in [3.05, 3.63) is 34.9 Å². The molecule has 1 aliphatic rings. The first-order valence-corrected chi connectivity index (χ1v) is 9.46. The second-order valence-electron chi connectivity index (χ2n) is 6.50. The molecule has 1 atom stereocenters. The van der Waals surface area contributed by atoms with Crippen molar-refractivity contribution in [3.8, 4) is 0 Å². The molecule has 0 saturated heterocycles. The van der Waals surface area contributed by atoms with Crippen LogP contribution < -0.4 is 5.32 Å². The molecule has 4 N–H and O–H groups in total. The molecule has 7 nitrogen and oxygen atoms in total. The third kappa shape index (κ3) is 11.6. The number of carboxylic acid groups (broad SMARTS) is 2. The maximum absolute atomic E-state index is 9.96. The fraction of sp³-hybridized carbons (Fsp3) is 0.579. The molecule has 8 heteroatoms. The molecule has 1 unspecified atom stereocenters. The molecule has 1 aromatic carbocycles. The predicted octanol–water partition coefficient (Wildman–Crippen LogP) is 2.69. The summed E-state index contributed by atoms with van der Waals surface area (Å²) < 4.78 is 5.55. The molecule has 1 saturated carbocycles. The number of carbonyl (C=O) groups is 2. The summed E-state index contributed by atoms with van der Waals surface area (Å²) in [7, 11) is 0. The van der Waals surface area contributed by atoms with Gasteiger partial charge in [0.15, 0.2) is 0 Å². The summed E-state index contributed by atoms with van der Waals surface area (Å²) in [4.78, 5) is 18.2. The fourth-order valence-corrected chi connectivity index (χ4v) is 2.86. The Morgan fingerprint density at radius 3 is 2.15 bits per heavy atom. The minimum Gasteiger partial charge on any atom is -0.473 e. The standard InChI is InChI=1S/C17H26ClNO2.C2H2O4/c18-15-9-7-14(8-10-15)12-21-13-17(20)11-19-16-5-3-1-2-4-6-16;3-1(4)2(5)6/h7-10,16-17,19-20H,1-6,11-13H2;(H,3,4)(H,5,6). The van der Waals surface area contributed by atoms with E-state index in [0.717, 1.165) is 10.6 Å². The maximum atomic E-state index is 9.96. The third-order valence-electron chi connectivity index (χ3n) is 4.17. The first-order chi connectivity index (χ1) is 12.9. The number of hydrogen-bond acceptors (Lipinski definition) is 5. The number of rotatable bonds is 7. The quantitative estimate of drug-likeness (QED) is 0.410. The Labute approximate surface area is 164 Å². The van der Waals surface area contributed by atoms with Gasteiger partial charge >= 0.3 is 11.9 Å². The van der Waals surface area contributed by atoms with Gasteiger partial charge in [0.25, 0.3) is 0 Å². The molecule has 0 heterocycles. The highest BCUT2D eigenvalue weighted by molar-refractivity contribution is 6.30. The van der Waals surface area contributed by atoms with Gasteiger partial charge in [-0.1, -0.05) is 49.4 Å². The lowest BCUT2D eigenvalue weighted by atomic mass is 10.1. The Kier molecular flexibility index (Phi) is 11.7. The normalized spacial score (nSPS) is 15.9. The Bertz CT molecular complexity index is 546. The Morgan fingerprint density at radius 2 is 1.63 bits per heavy atom. The minimum atomic E-state index is -1.82. The first-order valence-electron chi connectivity index (χ1n) is 9.08. The van der Waals surface area contributed by atoms with Gasteiger partial charge in [-0.15, -0.1) is 0 Å². The van der Waals surface area contributed by atoms with Crippen LogP contribution in [0.5, 0.6) is 0 Å². The van der Waals surface area contributed by atoms with Crippen molar-refractivity contribution in [2.45, 2.75) is 57.3 Å². The lowest BCUT2D eigenvalue weighted by molar-refractivity contribution is -0.159. The summed E-state index contributed by atoms with van der Waals surface area (Å²) in [6.45, 7) is 1.49. The van der Waals surface area contributed by atoms with E-state index in [0.29, 0.717) is 25.8 Å². The zero-order valence-corrected chi connectivity index (χ0v) is 16.0. The van der Waals surface area contributed by atoms with Gasteiger partial charge in [0, 0.05) is 17.6 Å². The molecule has 27 heavy (non-hydrogen) atoms. The van der Waals surface area contributed by atoms with Crippen LogP contribution in [-0.2, 0) is 20.9 Å². The van der Waals surface area contributed by atoms with Crippen molar-refractivity contribution in [1.82, 2.24) is 5.32 Å². The fourth-order valence-electron chi connectivity index (χ4n) is 2.74. The van der Waals surface area contributed by atoms with Gasteiger partial charge in [0.05, 0.1) is 19.3 Å². The number of benzene rings is 1. The van der Waals surface area contributed by atoms with E-state index in [4.69, 9.17) is 36.1 Å². The summed E-state index contributed by atoms with van der Waals surface area (Å²) in [6.07, 6.45) is 7.34. The zero-order valence-electron chi connectivity index (χ0n) is 15.3. The monoisotopic (exact) mass is 401 g/mol. The number of ether oxygens (including phenoxy) is 1. The van der Waals surface area contributed by atoms with Crippen LogP contribution in [-0.4, -0.2) is 52.6 Å². The van der Waals surface area contributed by atoms with E-state index in [2.05, 4.69) is 5.32 Å². The van der Waals surface area contributed by atoms with E-state index in [1.54, 1.807) is 0 Å². The van der Waals surface area contributed by atoms with Crippen LogP contribution in [0.4, 0.5) is 0 Å². The Morgan fingerprint density at radius 1 is 1.07 bits per heavy atom. The molecular weight excluding hydrogens is 374 g/mol. The highest BCUT2D eigenvalue weighted by Gasteiger charge is 2.13. The van der Waals surface area contributed by atoms with Crippen LogP contribution >= 0.6 is 11.6 Å². The number of carboxylic acids is 2.